The van der Waals surface area contributed by atoms with Gasteiger partial charge in [-0.2, -0.15) is 0 Å². The first-order chi connectivity index (χ1) is 12.0. The number of nitrogens with one attached hydrogen (secondary N) is 1. The first-order valence-corrected chi connectivity index (χ1v) is 8.39. The van der Waals surface area contributed by atoms with Gasteiger partial charge in [0.2, 0.25) is 0 Å². The molecule has 2 rings (SSSR count). The van der Waals surface area contributed by atoms with Crippen LogP contribution in [-0.2, 0) is 18.8 Å². The molecule has 0 saturated carbocycles. The van der Waals surface area contributed by atoms with Crippen molar-refractivity contribution in [3.05, 3.63) is 38.7 Å². The van der Waals surface area contributed by atoms with Crippen molar-refractivity contribution in [2.75, 3.05) is 19.8 Å². The largest absolute Gasteiger partial charge is 0.381 e. The first-order valence-electron chi connectivity index (χ1n) is 8.39. The molecule has 2 aromatic heterocycles. The van der Waals surface area contributed by atoms with Crippen LogP contribution in [0.15, 0.2) is 21.9 Å². The van der Waals surface area contributed by atoms with E-state index >= 15 is 0 Å². The second-order valence-electron chi connectivity index (χ2n) is 5.88. The van der Waals surface area contributed by atoms with E-state index in [-0.39, 0.29) is 22.5 Å². The average molecular weight is 348 g/mol. The molecule has 0 bridgehead atoms. The monoisotopic (exact) mass is 348 g/mol. The van der Waals surface area contributed by atoms with E-state index in [1.165, 1.54) is 30.9 Å². The van der Waals surface area contributed by atoms with E-state index in [4.69, 9.17) is 4.74 Å². The van der Waals surface area contributed by atoms with Crippen LogP contribution in [-0.4, -0.2) is 39.8 Å². The molecule has 2 heterocycles. The summed E-state index contributed by atoms with van der Waals surface area (Å²) >= 11 is 0. The van der Waals surface area contributed by atoms with Crippen LogP contribution in [0.25, 0.3) is 11.0 Å². The van der Waals surface area contributed by atoms with Crippen molar-refractivity contribution in [1.29, 1.82) is 0 Å². The molecular formula is C17H24N4O4. The van der Waals surface area contributed by atoms with Gasteiger partial charge in [0.15, 0.2) is 0 Å². The minimum absolute atomic E-state index is 0.236. The molecule has 2 aromatic rings. The number of ether oxygens (including phenoxy) is 1. The maximum absolute atomic E-state index is 12.2. The molecule has 1 amide bonds. The quantitative estimate of drug-likeness (QED) is 0.704. The van der Waals surface area contributed by atoms with E-state index in [0.717, 1.165) is 24.0 Å². The zero-order chi connectivity index (χ0) is 18.4. The lowest BCUT2D eigenvalue weighted by Crippen LogP contribution is -2.37. The van der Waals surface area contributed by atoms with Crippen LogP contribution in [0.2, 0.25) is 0 Å². The lowest BCUT2D eigenvalue weighted by atomic mass is 10.2. The number of rotatable bonds is 8. The highest BCUT2D eigenvalue weighted by Crippen LogP contribution is 2.07. The number of carbonyl (C=O) groups excluding carboxylic acids is 1. The number of nitrogens with zero attached hydrogens (tertiary/aromatic N) is 3. The van der Waals surface area contributed by atoms with E-state index in [2.05, 4.69) is 17.2 Å². The molecule has 25 heavy (non-hydrogen) atoms. The second-order valence-corrected chi connectivity index (χ2v) is 5.88. The van der Waals surface area contributed by atoms with Gasteiger partial charge in [0.1, 0.15) is 5.65 Å². The van der Waals surface area contributed by atoms with E-state index in [1.54, 1.807) is 0 Å². The van der Waals surface area contributed by atoms with Crippen LogP contribution in [0.4, 0.5) is 0 Å². The Bertz CT molecular complexity index is 869. The fourth-order valence-corrected chi connectivity index (χ4v) is 2.42. The summed E-state index contributed by atoms with van der Waals surface area (Å²) in [6.07, 6.45) is 4.21. The Kier molecular flexibility index (Phi) is 6.46. The van der Waals surface area contributed by atoms with E-state index in [0.29, 0.717) is 19.6 Å². The lowest BCUT2D eigenvalue weighted by Gasteiger charge is -2.09. The fraction of sp³-hybridized carbons (Fsp3) is 0.529. The maximum atomic E-state index is 12.2. The van der Waals surface area contributed by atoms with Gasteiger partial charge >= 0.3 is 5.69 Å². The smallest absolute Gasteiger partial charge is 0.332 e. The van der Waals surface area contributed by atoms with Crippen LogP contribution in [0.1, 0.15) is 36.5 Å². The van der Waals surface area contributed by atoms with Crippen molar-refractivity contribution in [2.45, 2.75) is 26.2 Å². The number of unbranched alkanes of at least 4 members (excludes halogenated alkanes) is 1. The number of pyridine rings is 1. The average Bonchev–Trinajstić information content (AvgIpc) is 2.63. The van der Waals surface area contributed by atoms with Crippen molar-refractivity contribution in [2.24, 2.45) is 14.1 Å². The minimum Gasteiger partial charge on any atom is -0.381 e. The molecule has 136 valence electrons. The predicted molar refractivity (Wildman–Crippen MR) is 94.9 cm³/mol. The molecule has 0 aliphatic carbocycles. The predicted octanol–water partition coefficient (Wildman–Crippen LogP) is 0.569. The molecule has 0 aliphatic heterocycles. The fourth-order valence-electron chi connectivity index (χ4n) is 2.42. The number of amides is 1. The van der Waals surface area contributed by atoms with Gasteiger partial charge < -0.3 is 10.1 Å². The summed E-state index contributed by atoms with van der Waals surface area (Å²) in [7, 11) is 2.94. The molecule has 0 atom stereocenters. The summed E-state index contributed by atoms with van der Waals surface area (Å²) in [4.78, 5) is 40.4. The van der Waals surface area contributed by atoms with Gasteiger partial charge in [-0.15, -0.1) is 0 Å². The van der Waals surface area contributed by atoms with E-state index < -0.39 is 11.2 Å². The summed E-state index contributed by atoms with van der Waals surface area (Å²) in [5.41, 5.74) is -0.376. The molecule has 8 heteroatoms. The zero-order valence-corrected chi connectivity index (χ0v) is 14.9. The summed E-state index contributed by atoms with van der Waals surface area (Å²) in [5.74, 6) is -0.307. The van der Waals surface area contributed by atoms with Crippen molar-refractivity contribution in [3.63, 3.8) is 0 Å². The van der Waals surface area contributed by atoms with Crippen molar-refractivity contribution in [1.82, 2.24) is 19.4 Å². The second kappa shape index (κ2) is 8.57. The third-order valence-corrected chi connectivity index (χ3v) is 3.95. The van der Waals surface area contributed by atoms with E-state index in [1.807, 2.05) is 0 Å². The molecule has 8 nitrogen and oxygen atoms in total. The maximum Gasteiger partial charge on any atom is 0.332 e. The number of hydrogen-bond donors (Lipinski definition) is 1. The molecule has 0 saturated heterocycles. The van der Waals surface area contributed by atoms with Gasteiger partial charge in [-0.25, -0.2) is 9.78 Å². The Morgan fingerprint density at radius 3 is 2.64 bits per heavy atom. The Hall–Kier alpha value is -2.48. The first kappa shape index (κ1) is 18.9. The zero-order valence-electron chi connectivity index (χ0n) is 14.9. The van der Waals surface area contributed by atoms with Crippen molar-refractivity contribution in [3.8, 4) is 0 Å². The molecule has 0 unspecified atom stereocenters. The summed E-state index contributed by atoms with van der Waals surface area (Å²) < 4.78 is 7.72. The molecule has 0 aliphatic rings. The number of fused-ring (bicyclic) bond motifs is 1. The van der Waals surface area contributed by atoms with Crippen molar-refractivity contribution < 1.29 is 9.53 Å². The molecule has 0 spiro atoms. The number of hydrogen-bond acceptors (Lipinski definition) is 5. The Morgan fingerprint density at radius 1 is 1.20 bits per heavy atom. The Balaban J connectivity index is 2.05. The van der Waals surface area contributed by atoms with Gasteiger partial charge in [-0.3, -0.25) is 18.7 Å². The van der Waals surface area contributed by atoms with Crippen LogP contribution >= 0.6 is 0 Å². The van der Waals surface area contributed by atoms with Gasteiger partial charge in [0, 0.05) is 40.1 Å². The summed E-state index contributed by atoms with van der Waals surface area (Å²) in [6.45, 7) is 3.92. The van der Waals surface area contributed by atoms with Crippen molar-refractivity contribution >= 4 is 16.9 Å². The SMILES string of the molecule is CCCCOCCCNC(=O)c1cnc2c(c1)c(=O)n(C)c(=O)n2C. The van der Waals surface area contributed by atoms with E-state index in [9.17, 15) is 14.4 Å². The highest BCUT2D eigenvalue weighted by Gasteiger charge is 2.13. The van der Waals surface area contributed by atoms with Crippen LogP contribution in [0.5, 0.6) is 0 Å². The molecule has 0 aromatic carbocycles. The van der Waals surface area contributed by atoms with Gasteiger partial charge in [-0.1, -0.05) is 13.3 Å². The molecule has 0 radical (unpaired) electrons. The highest BCUT2D eigenvalue weighted by atomic mass is 16.5. The number of aromatic nitrogens is 3. The number of aryl methyl sites for hydroxylation is 1. The molecular weight excluding hydrogens is 324 g/mol. The van der Waals surface area contributed by atoms with Gasteiger partial charge in [0.05, 0.1) is 10.9 Å². The normalized spacial score (nSPS) is 11.0. The minimum atomic E-state index is -0.468. The summed E-state index contributed by atoms with van der Waals surface area (Å²) in [6, 6.07) is 1.47. The van der Waals surface area contributed by atoms with Gasteiger partial charge in [-0.05, 0) is 18.9 Å². The summed E-state index contributed by atoms with van der Waals surface area (Å²) in [5, 5.41) is 3.01. The third-order valence-electron chi connectivity index (χ3n) is 3.95. The molecule has 1 N–H and O–H groups in total. The lowest BCUT2D eigenvalue weighted by molar-refractivity contribution is 0.0940. The molecule has 0 fully saturated rings. The number of carbonyl (C=O) groups is 1. The van der Waals surface area contributed by atoms with Crippen LogP contribution < -0.4 is 16.6 Å². The standard InChI is InChI=1S/C17H24N4O4/c1-4-5-8-25-9-6-7-18-15(22)12-10-13-14(19-11-12)20(2)17(24)21(3)16(13)23/h10-11H,4-9H2,1-3H3,(H,18,22). The topological polar surface area (TPSA) is 95.2 Å². The highest BCUT2D eigenvalue weighted by molar-refractivity contribution is 5.96. The third kappa shape index (κ3) is 4.33. The van der Waals surface area contributed by atoms with Crippen LogP contribution in [0.3, 0.4) is 0 Å². The van der Waals surface area contributed by atoms with Gasteiger partial charge in [0.25, 0.3) is 11.5 Å². The van der Waals surface area contributed by atoms with Crippen LogP contribution in [0, 0.1) is 0 Å². The Labute approximate surface area is 145 Å². The Morgan fingerprint density at radius 2 is 1.92 bits per heavy atom.